The minimum absolute atomic E-state index is 0.0763. The average Bonchev–Trinajstić information content (AvgIpc) is 2.41. The Kier molecular flexibility index (Phi) is 4.45. The molecule has 108 valence electrons. The van der Waals surface area contributed by atoms with E-state index >= 15 is 0 Å². The average molecular weight is 305 g/mol. The van der Waals surface area contributed by atoms with Crippen LogP contribution in [0.2, 0.25) is 5.02 Å². The van der Waals surface area contributed by atoms with Gasteiger partial charge in [-0.3, -0.25) is 9.59 Å². The van der Waals surface area contributed by atoms with E-state index in [0.717, 1.165) is 0 Å². The maximum absolute atomic E-state index is 12.1. The van der Waals surface area contributed by atoms with Gasteiger partial charge in [0.1, 0.15) is 5.75 Å². The summed E-state index contributed by atoms with van der Waals surface area (Å²) in [6.45, 7) is 1.40. The molecule has 6 heteroatoms. The van der Waals surface area contributed by atoms with Crippen molar-refractivity contribution >= 4 is 34.8 Å². The second-order valence-corrected chi connectivity index (χ2v) is 4.81. The Balaban J connectivity index is 2.19. The maximum Gasteiger partial charge on any atom is 0.259 e. The topological polar surface area (TPSA) is 78.4 Å². The molecule has 0 unspecified atom stereocenters. The van der Waals surface area contributed by atoms with E-state index in [4.69, 9.17) is 11.6 Å². The molecular formula is C15H13ClN2O3. The van der Waals surface area contributed by atoms with Crippen molar-refractivity contribution in [1.29, 1.82) is 0 Å². The van der Waals surface area contributed by atoms with Crippen molar-refractivity contribution in [2.45, 2.75) is 6.92 Å². The van der Waals surface area contributed by atoms with Gasteiger partial charge in [0.25, 0.3) is 5.91 Å². The van der Waals surface area contributed by atoms with Crippen LogP contribution in [-0.4, -0.2) is 16.9 Å². The van der Waals surface area contributed by atoms with Gasteiger partial charge in [-0.1, -0.05) is 17.7 Å². The van der Waals surface area contributed by atoms with Crippen molar-refractivity contribution in [3.8, 4) is 5.75 Å². The minimum Gasteiger partial charge on any atom is -0.507 e. The molecule has 0 aliphatic heterocycles. The molecule has 5 nitrogen and oxygen atoms in total. The number of anilines is 2. The van der Waals surface area contributed by atoms with Crippen molar-refractivity contribution in [3.05, 3.63) is 53.1 Å². The summed E-state index contributed by atoms with van der Waals surface area (Å²) in [7, 11) is 0. The van der Waals surface area contributed by atoms with Gasteiger partial charge in [0, 0.05) is 23.3 Å². The fraction of sp³-hybridized carbons (Fsp3) is 0.0667. The summed E-state index contributed by atoms with van der Waals surface area (Å²) < 4.78 is 0. The first-order valence-corrected chi connectivity index (χ1v) is 6.51. The van der Waals surface area contributed by atoms with Crippen LogP contribution < -0.4 is 10.6 Å². The number of carbonyl (C=O) groups excluding carboxylic acids is 2. The van der Waals surface area contributed by atoms with Crippen molar-refractivity contribution in [1.82, 2.24) is 0 Å². The molecule has 3 N–H and O–H groups in total. The Morgan fingerprint density at radius 2 is 1.71 bits per heavy atom. The SMILES string of the molecule is CC(=O)Nc1cccc(NC(=O)c2cc(Cl)ccc2O)c1. The van der Waals surface area contributed by atoms with Crippen LogP contribution >= 0.6 is 11.6 Å². The lowest BCUT2D eigenvalue weighted by molar-refractivity contribution is -0.114. The number of carbonyl (C=O) groups is 2. The lowest BCUT2D eigenvalue weighted by atomic mass is 10.2. The Morgan fingerprint density at radius 1 is 1.05 bits per heavy atom. The fourth-order valence-electron chi connectivity index (χ4n) is 1.77. The lowest BCUT2D eigenvalue weighted by Gasteiger charge is -2.09. The third-order valence-electron chi connectivity index (χ3n) is 2.64. The number of phenolic OH excluding ortho intramolecular Hbond substituents is 1. The highest BCUT2D eigenvalue weighted by Crippen LogP contribution is 2.23. The molecule has 0 bridgehead atoms. The van der Waals surface area contributed by atoms with Gasteiger partial charge in [-0.15, -0.1) is 0 Å². The van der Waals surface area contributed by atoms with Crippen LogP contribution in [0.4, 0.5) is 11.4 Å². The van der Waals surface area contributed by atoms with Gasteiger partial charge in [0.05, 0.1) is 5.56 Å². The molecule has 0 aliphatic rings. The number of nitrogens with one attached hydrogen (secondary N) is 2. The minimum atomic E-state index is -0.491. The number of phenols is 1. The van der Waals surface area contributed by atoms with Crippen molar-refractivity contribution in [2.24, 2.45) is 0 Å². The molecule has 0 saturated carbocycles. The van der Waals surface area contributed by atoms with Crippen LogP contribution in [0.25, 0.3) is 0 Å². The van der Waals surface area contributed by atoms with Gasteiger partial charge in [-0.25, -0.2) is 0 Å². The number of amides is 2. The van der Waals surface area contributed by atoms with Gasteiger partial charge in [-0.2, -0.15) is 0 Å². The monoisotopic (exact) mass is 304 g/mol. The van der Waals surface area contributed by atoms with Gasteiger partial charge >= 0.3 is 0 Å². The summed E-state index contributed by atoms with van der Waals surface area (Å²) >= 11 is 5.81. The highest BCUT2D eigenvalue weighted by Gasteiger charge is 2.12. The highest BCUT2D eigenvalue weighted by atomic mass is 35.5. The largest absolute Gasteiger partial charge is 0.507 e. The molecule has 2 aromatic rings. The summed E-state index contributed by atoms with van der Waals surface area (Å²) in [5.74, 6) is -0.851. The van der Waals surface area contributed by atoms with Crippen molar-refractivity contribution in [2.75, 3.05) is 10.6 Å². The third-order valence-corrected chi connectivity index (χ3v) is 2.88. The van der Waals surface area contributed by atoms with Crippen LogP contribution in [0, 0.1) is 0 Å². The Bertz CT molecular complexity index is 701. The third kappa shape index (κ3) is 3.97. The molecule has 0 heterocycles. The Hall–Kier alpha value is -2.53. The highest BCUT2D eigenvalue weighted by molar-refractivity contribution is 6.31. The fourth-order valence-corrected chi connectivity index (χ4v) is 1.94. The number of rotatable bonds is 3. The van der Waals surface area contributed by atoms with E-state index in [0.29, 0.717) is 16.4 Å². The van der Waals surface area contributed by atoms with Crippen LogP contribution in [0.5, 0.6) is 5.75 Å². The molecule has 0 atom stereocenters. The summed E-state index contributed by atoms with van der Waals surface area (Å²) in [5.41, 5.74) is 1.13. The molecule has 0 fully saturated rings. The van der Waals surface area contributed by atoms with E-state index in [1.807, 2.05) is 0 Å². The normalized spacial score (nSPS) is 10.0. The van der Waals surface area contributed by atoms with Gasteiger partial charge in [-0.05, 0) is 36.4 Å². The molecule has 0 saturated heterocycles. The van der Waals surface area contributed by atoms with Gasteiger partial charge in [0.2, 0.25) is 5.91 Å². The Labute approximate surface area is 126 Å². The van der Waals surface area contributed by atoms with E-state index in [1.54, 1.807) is 24.3 Å². The zero-order valence-corrected chi connectivity index (χ0v) is 11.9. The predicted molar refractivity (Wildman–Crippen MR) is 81.8 cm³/mol. The van der Waals surface area contributed by atoms with Crippen LogP contribution in [0.15, 0.2) is 42.5 Å². The molecule has 0 radical (unpaired) electrons. The summed E-state index contributed by atoms with van der Waals surface area (Å²) in [6, 6.07) is 10.9. The first kappa shape index (κ1) is 14.9. The number of aromatic hydroxyl groups is 1. The van der Waals surface area contributed by atoms with Crippen molar-refractivity contribution in [3.63, 3.8) is 0 Å². The second-order valence-electron chi connectivity index (χ2n) is 4.38. The molecule has 0 aliphatic carbocycles. The standard InChI is InChI=1S/C15H13ClN2O3/c1-9(19)17-11-3-2-4-12(8-11)18-15(21)13-7-10(16)5-6-14(13)20/h2-8,20H,1H3,(H,17,19)(H,18,21). The number of hydrogen-bond donors (Lipinski definition) is 3. The van der Waals surface area contributed by atoms with E-state index in [9.17, 15) is 14.7 Å². The van der Waals surface area contributed by atoms with Gasteiger partial charge < -0.3 is 15.7 Å². The quantitative estimate of drug-likeness (QED) is 0.814. The van der Waals surface area contributed by atoms with Crippen LogP contribution in [0.1, 0.15) is 17.3 Å². The summed E-state index contributed by atoms with van der Waals surface area (Å²) in [5, 5.41) is 15.3. The zero-order chi connectivity index (χ0) is 15.4. The molecule has 21 heavy (non-hydrogen) atoms. The lowest BCUT2D eigenvalue weighted by Crippen LogP contribution is -2.12. The Morgan fingerprint density at radius 3 is 2.38 bits per heavy atom. The molecule has 2 amide bonds. The smallest absolute Gasteiger partial charge is 0.259 e. The van der Waals surface area contributed by atoms with Crippen LogP contribution in [0.3, 0.4) is 0 Å². The predicted octanol–water partition coefficient (Wildman–Crippen LogP) is 3.26. The molecular weight excluding hydrogens is 292 g/mol. The summed E-state index contributed by atoms with van der Waals surface area (Å²) in [6.07, 6.45) is 0. The molecule has 0 aromatic heterocycles. The van der Waals surface area contributed by atoms with E-state index < -0.39 is 5.91 Å². The molecule has 2 aromatic carbocycles. The zero-order valence-electron chi connectivity index (χ0n) is 11.2. The number of benzene rings is 2. The number of halogens is 1. The van der Waals surface area contributed by atoms with Gasteiger partial charge in [0.15, 0.2) is 0 Å². The van der Waals surface area contributed by atoms with E-state index in [2.05, 4.69) is 10.6 Å². The maximum atomic E-state index is 12.1. The van der Waals surface area contributed by atoms with E-state index in [-0.39, 0.29) is 17.2 Å². The number of hydrogen-bond acceptors (Lipinski definition) is 3. The molecule has 2 rings (SSSR count). The van der Waals surface area contributed by atoms with E-state index in [1.165, 1.54) is 25.1 Å². The molecule has 0 spiro atoms. The first-order chi connectivity index (χ1) is 9.95. The van der Waals surface area contributed by atoms with Crippen LogP contribution in [-0.2, 0) is 4.79 Å². The second kappa shape index (κ2) is 6.28. The van der Waals surface area contributed by atoms with Crippen molar-refractivity contribution < 1.29 is 14.7 Å². The summed E-state index contributed by atoms with van der Waals surface area (Å²) in [4.78, 5) is 23.1. The first-order valence-electron chi connectivity index (χ1n) is 6.13.